The SMILES string of the molecule is NC(=O)c1ccc(NOCC(=O)O)cc1Br. The molecule has 0 saturated heterocycles. The lowest BCUT2D eigenvalue weighted by Gasteiger charge is -2.06. The molecule has 0 bridgehead atoms. The second kappa shape index (κ2) is 5.47. The van der Waals surface area contributed by atoms with E-state index in [9.17, 15) is 9.59 Å². The Hall–Kier alpha value is -1.60. The molecular formula is C9H9BrN2O4. The predicted molar refractivity (Wildman–Crippen MR) is 59.9 cm³/mol. The second-order valence-electron chi connectivity index (χ2n) is 2.84. The van der Waals surface area contributed by atoms with Crippen LogP contribution in [0.1, 0.15) is 10.4 Å². The number of primary amides is 1. The van der Waals surface area contributed by atoms with Gasteiger partial charge >= 0.3 is 5.97 Å². The number of nitrogens with two attached hydrogens (primary N) is 1. The molecule has 0 saturated carbocycles. The van der Waals surface area contributed by atoms with Crippen LogP contribution in [0, 0.1) is 0 Å². The summed E-state index contributed by atoms with van der Waals surface area (Å²) >= 11 is 3.16. The lowest BCUT2D eigenvalue weighted by atomic mass is 10.2. The molecule has 0 fully saturated rings. The van der Waals surface area contributed by atoms with Crippen molar-refractivity contribution in [1.82, 2.24) is 0 Å². The van der Waals surface area contributed by atoms with E-state index in [1.165, 1.54) is 6.07 Å². The number of carbonyl (C=O) groups is 2. The first kappa shape index (κ1) is 12.5. The number of benzene rings is 1. The number of aliphatic carboxylic acids is 1. The van der Waals surface area contributed by atoms with E-state index in [2.05, 4.69) is 26.2 Å². The normalized spacial score (nSPS) is 9.81. The van der Waals surface area contributed by atoms with Crippen LogP contribution in [0.5, 0.6) is 0 Å². The Morgan fingerprint density at radius 1 is 1.50 bits per heavy atom. The number of carbonyl (C=O) groups excluding carboxylic acids is 1. The number of anilines is 1. The zero-order chi connectivity index (χ0) is 12.1. The van der Waals surface area contributed by atoms with Crippen molar-refractivity contribution in [3.05, 3.63) is 28.2 Å². The van der Waals surface area contributed by atoms with Gasteiger partial charge in [-0.2, -0.15) is 0 Å². The van der Waals surface area contributed by atoms with Gasteiger partial charge in [-0.25, -0.2) is 4.79 Å². The zero-order valence-corrected chi connectivity index (χ0v) is 9.65. The summed E-state index contributed by atoms with van der Waals surface area (Å²) in [5.41, 5.74) is 8.38. The van der Waals surface area contributed by atoms with E-state index in [-0.39, 0.29) is 0 Å². The number of carboxylic acid groups (broad SMARTS) is 1. The third-order valence-corrected chi connectivity index (χ3v) is 2.28. The van der Waals surface area contributed by atoms with Gasteiger partial charge in [-0.15, -0.1) is 0 Å². The van der Waals surface area contributed by atoms with Gasteiger partial charge in [0.15, 0.2) is 6.61 Å². The highest BCUT2D eigenvalue weighted by atomic mass is 79.9. The van der Waals surface area contributed by atoms with Crippen LogP contribution in [0.4, 0.5) is 5.69 Å². The molecule has 1 aromatic rings. The predicted octanol–water partition coefficient (Wildman–Crippen LogP) is 0.976. The number of carboxylic acids is 1. The van der Waals surface area contributed by atoms with Crippen LogP contribution in [0.15, 0.2) is 22.7 Å². The maximum Gasteiger partial charge on any atom is 0.332 e. The molecule has 0 aliphatic carbocycles. The maximum absolute atomic E-state index is 10.9. The topological polar surface area (TPSA) is 102 Å². The summed E-state index contributed by atoms with van der Waals surface area (Å²) < 4.78 is 0.504. The Labute approximate surface area is 99.5 Å². The van der Waals surface area contributed by atoms with Gasteiger partial charge in [0.2, 0.25) is 5.91 Å². The van der Waals surface area contributed by atoms with E-state index in [1.807, 2.05) is 0 Å². The Kier molecular flexibility index (Phi) is 4.27. The smallest absolute Gasteiger partial charge is 0.332 e. The molecule has 86 valence electrons. The van der Waals surface area contributed by atoms with E-state index in [4.69, 9.17) is 10.8 Å². The molecule has 4 N–H and O–H groups in total. The Balaban J connectivity index is 2.66. The number of hydrogen-bond donors (Lipinski definition) is 3. The standard InChI is InChI=1S/C9H9BrN2O4/c10-7-3-5(12-16-4-8(13)14)1-2-6(7)9(11)15/h1-3,12H,4H2,(H2,11,15)(H,13,14). The number of hydrogen-bond acceptors (Lipinski definition) is 4. The molecule has 0 aliphatic heterocycles. The quantitative estimate of drug-likeness (QED) is 0.701. The molecule has 1 aromatic carbocycles. The summed E-state index contributed by atoms with van der Waals surface area (Å²) in [7, 11) is 0. The van der Waals surface area contributed by atoms with E-state index >= 15 is 0 Å². The van der Waals surface area contributed by atoms with Crippen LogP contribution >= 0.6 is 15.9 Å². The molecule has 0 atom stereocenters. The molecule has 0 aromatic heterocycles. The van der Waals surface area contributed by atoms with Crippen LogP contribution in [0.3, 0.4) is 0 Å². The van der Waals surface area contributed by atoms with Crippen molar-refractivity contribution in [2.75, 3.05) is 12.1 Å². The van der Waals surface area contributed by atoms with E-state index in [0.717, 1.165) is 0 Å². The van der Waals surface area contributed by atoms with Crippen molar-refractivity contribution in [2.45, 2.75) is 0 Å². The van der Waals surface area contributed by atoms with Crippen molar-refractivity contribution in [2.24, 2.45) is 5.73 Å². The van der Waals surface area contributed by atoms with Gasteiger partial charge in [0, 0.05) is 4.47 Å². The first-order valence-corrected chi connectivity index (χ1v) is 4.99. The molecule has 0 aliphatic rings. The summed E-state index contributed by atoms with van der Waals surface area (Å²) in [5.74, 6) is -1.63. The number of amides is 1. The fourth-order valence-corrected chi connectivity index (χ4v) is 1.53. The number of rotatable bonds is 5. The Bertz CT molecular complexity index is 422. The van der Waals surface area contributed by atoms with Gasteiger partial charge in [-0.05, 0) is 34.1 Å². The van der Waals surface area contributed by atoms with Gasteiger partial charge in [0.1, 0.15) is 0 Å². The summed E-state index contributed by atoms with van der Waals surface area (Å²) in [6.45, 7) is -0.463. The van der Waals surface area contributed by atoms with E-state index < -0.39 is 18.5 Å². The summed E-state index contributed by atoms with van der Waals surface area (Å²) in [4.78, 5) is 25.7. The van der Waals surface area contributed by atoms with Crippen LogP contribution < -0.4 is 11.2 Å². The Morgan fingerprint density at radius 2 is 2.19 bits per heavy atom. The average molecular weight is 289 g/mol. The van der Waals surface area contributed by atoms with Crippen molar-refractivity contribution >= 4 is 33.5 Å². The monoisotopic (exact) mass is 288 g/mol. The highest BCUT2D eigenvalue weighted by molar-refractivity contribution is 9.10. The number of halogens is 1. The Morgan fingerprint density at radius 3 is 2.69 bits per heavy atom. The minimum atomic E-state index is -1.08. The third kappa shape index (κ3) is 3.52. The summed E-state index contributed by atoms with van der Waals surface area (Å²) in [6.07, 6.45) is 0. The van der Waals surface area contributed by atoms with Crippen molar-refractivity contribution in [3.63, 3.8) is 0 Å². The molecule has 1 amide bonds. The van der Waals surface area contributed by atoms with Gasteiger partial charge < -0.3 is 10.8 Å². The largest absolute Gasteiger partial charge is 0.479 e. The van der Waals surface area contributed by atoms with Crippen molar-refractivity contribution in [3.8, 4) is 0 Å². The second-order valence-corrected chi connectivity index (χ2v) is 3.70. The van der Waals surface area contributed by atoms with Gasteiger partial charge in [0.05, 0.1) is 11.3 Å². The molecule has 0 spiro atoms. The molecular weight excluding hydrogens is 280 g/mol. The average Bonchev–Trinajstić information content (AvgIpc) is 2.16. The molecule has 0 unspecified atom stereocenters. The molecule has 1 rings (SSSR count). The van der Waals surface area contributed by atoms with Crippen molar-refractivity contribution < 1.29 is 19.5 Å². The molecule has 16 heavy (non-hydrogen) atoms. The fraction of sp³-hybridized carbons (Fsp3) is 0.111. The highest BCUT2D eigenvalue weighted by Crippen LogP contribution is 2.21. The fourth-order valence-electron chi connectivity index (χ4n) is 0.960. The molecule has 0 radical (unpaired) electrons. The zero-order valence-electron chi connectivity index (χ0n) is 8.07. The first-order chi connectivity index (χ1) is 7.50. The lowest BCUT2D eigenvalue weighted by molar-refractivity contribution is -0.141. The van der Waals surface area contributed by atoms with Crippen LogP contribution in [0.2, 0.25) is 0 Å². The minimum Gasteiger partial charge on any atom is -0.479 e. The summed E-state index contributed by atoms with van der Waals surface area (Å²) in [6, 6.07) is 4.60. The highest BCUT2D eigenvalue weighted by Gasteiger charge is 2.06. The number of nitrogens with one attached hydrogen (secondary N) is 1. The van der Waals surface area contributed by atoms with Crippen LogP contribution in [-0.2, 0) is 9.63 Å². The maximum atomic E-state index is 10.9. The third-order valence-electron chi connectivity index (χ3n) is 1.62. The van der Waals surface area contributed by atoms with Gasteiger partial charge in [-0.3, -0.25) is 15.1 Å². The first-order valence-electron chi connectivity index (χ1n) is 4.19. The van der Waals surface area contributed by atoms with E-state index in [0.29, 0.717) is 15.7 Å². The lowest BCUT2D eigenvalue weighted by Crippen LogP contribution is -2.13. The molecule has 0 heterocycles. The van der Waals surface area contributed by atoms with Gasteiger partial charge in [-0.1, -0.05) is 0 Å². The van der Waals surface area contributed by atoms with E-state index in [1.54, 1.807) is 12.1 Å². The van der Waals surface area contributed by atoms with Crippen LogP contribution in [-0.4, -0.2) is 23.6 Å². The molecule has 7 heteroatoms. The van der Waals surface area contributed by atoms with Crippen molar-refractivity contribution in [1.29, 1.82) is 0 Å². The summed E-state index contributed by atoms with van der Waals surface area (Å²) in [5, 5.41) is 8.33. The van der Waals surface area contributed by atoms with Crippen LogP contribution in [0.25, 0.3) is 0 Å². The molecule has 6 nitrogen and oxygen atoms in total. The van der Waals surface area contributed by atoms with Gasteiger partial charge in [0.25, 0.3) is 0 Å². The minimum absolute atomic E-state index is 0.337.